The first-order chi connectivity index (χ1) is 27.4. The summed E-state index contributed by atoms with van der Waals surface area (Å²) < 4.78 is 14.7. The van der Waals surface area contributed by atoms with E-state index < -0.39 is 0 Å². The molecule has 1 aromatic carbocycles. The van der Waals surface area contributed by atoms with E-state index in [9.17, 15) is 0 Å². The summed E-state index contributed by atoms with van der Waals surface area (Å²) in [7, 11) is 13.3. The van der Waals surface area contributed by atoms with E-state index in [1.165, 1.54) is 56.9 Å². The molecule has 0 atom stereocenters. The summed E-state index contributed by atoms with van der Waals surface area (Å²) >= 11 is 0. The summed E-state index contributed by atoms with van der Waals surface area (Å²) in [6.07, 6.45) is 23.3. The molecule has 3 aromatic heterocycles. The first kappa shape index (κ1) is 47.6. The molecule has 0 saturated carbocycles. The second-order valence-corrected chi connectivity index (χ2v) is 18.0. The van der Waals surface area contributed by atoms with Gasteiger partial charge in [-0.25, -0.2) is 9.97 Å². The van der Waals surface area contributed by atoms with Crippen molar-refractivity contribution in [3.8, 4) is 22.6 Å². The first-order valence-corrected chi connectivity index (χ1v) is 21.5. The maximum Gasteiger partial charge on any atom is 0.123 e. The standard InChI is InChI=1S/C49H68N6O2.2ClH/c1-8-9-10-11-12-13-14-15-16-19-44-45-24-20-38(50-45)34-40-22-26-47(52-40)49(48-27-23-41(53-48)35-39-21-25-46(44)51-39)37-32-42(56-30-17-28-54(2,3)4)36-43(33-37)57-31-18-29-55(5,6)7;;/h20-27,32-36,52-53H,8-19,28-31H2,1-7H3;2*1H/q+2;;/p-2. The highest BCUT2D eigenvalue weighted by molar-refractivity contribution is 5.94. The monoisotopic (exact) mass is 842 g/mol. The molecule has 59 heavy (non-hydrogen) atoms. The van der Waals surface area contributed by atoms with E-state index in [1.54, 1.807) is 0 Å². The molecule has 2 N–H and O–H groups in total. The lowest BCUT2D eigenvalue weighted by Crippen LogP contribution is -3.00. The fourth-order valence-electron chi connectivity index (χ4n) is 7.65. The third-order valence-corrected chi connectivity index (χ3v) is 10.7. The van der Waals surface area contributed by atoms with E-state index in [2.05, 4.69) is 132 Å². The zero-order valence-electron chi connectivity index (χ0n) is 36.7. The van der Waals surface area contributed by atoms with Crippen LogP contribution in [-0.4, -0.2) is 97.5 Å². The van der Waals surface area contributed by atoms with Gasteiger partial charge in [-0.05, 0) is 91.2 Å². The van der Waals surface area contributed by atoms with Crippen molar-refractivity contribution in [2.24, 2.45) is 0 Å². The van der Waals surface area contributed by atoms with Crippen molar-refractivity contribution in [1.82, 2.24) is 19.9 Å². The van der Waals surface area contributed by atoms with Gasteiger partial charge in [-0.3, -0.25) is 0 Å². The molecule has 4 aromatic rings. The fourth-order valence-corrected chi connectivity index (χ4v) is 7.65. The smallest absolute Gasteiger partial charge is 0.123 e. The summed E-state index contributed by atoms with van der Waals surface area (Å²) in [5.74, 6) is 1.62. The number of hydrogen-bond acceptors (Lipinski definition) is 4. The van der Waals surface area contributed by atoms with Crippen LogP contribution in [-0.2, 0) is 6.42 Å². The van der Waals surface area contributed by atoms with Crippen molar-refractivity contribution in [3.63, 3.8) is 0 Å². The normalized spacial score (nSPS) is 12.3. The van der Waals surface area contributed by atoms with Crippen molar-refractivity contribution in [3.05, 3.63) is 82.9 Å². The minimum Gasteiger partial charge on any atom is -1.00 e. The largest absolute Gasteiger partial charge is 1.00 e. The second-order valence-electron chi connectivity index (χ2n) is 18.0. The number of H-pyrrole nitrogens is 2. The maximum atomic E-state index is 6.44. The van der Waals surface area contributed by atoms with Crippen LogP contribution in [0.1, 0.15) is 106 Å². The van der Waals surface area contributed by atoms with Gasteiger partial charge in [-0.2, -0.15) is 0 Å². The Bertz CT molecular complexity index is 2040. The summed E-state index contributed by atoms with van der Waals surface area (Å²) in [4.78, 5) is 17.8. The molecular weight excluding hydrogens is 775 g/mol. The Kier molecular flexibility index (Phi) is 18.2. The molecule has 6 rings (SSSR count). The van der Waals surface area contributed by atoms with Gasteiger partial charge >= 0.3 is 0 Å². The van der Waals surface area contributed by atoms with E-state index in [1.807, 2.05) is 6.07 Å². The average molecular weight is 844 g/mol. The van der Waals surface area contributed by atoms with E-state index in [4.69, 9.17) is 19.4 Å². The van der Waals surface area contributed by atoms with Crippen LogP contribution >= 0.6 is 0 Å². The van der Waals surface area contributed by atoms with E-state index in [-0.39, 0.29) is 24.8 Å². The van der Waals surface area contributed by atoms with Gasteiger partial charge in [0.2, 0.25) is 0 Å². The summed E-state index contributed by atoms with van der Waals surface area (Å²) in [5.41, 5.74) is 11.2. The molecular formula is C49H68Cl2N6O2. The number of benzene rings is 1. The lowest BCUT2D eigenvalue weighted by Gasteiger charge is -2.24. The van der Waals surface area contributed by atoms with Crippen LogP contribution in [0.3, 0.4) is 0 Å². The Morgan fingerprint density at radius 1 is 0.525 bits per heavy atom. The molecule has 8 nitrogen and oxygen atoms in total. The van der Waals surface area contributed by atoms with Crippen LogP contribution in [0.25, 0.3) is 57.5 Å². The lowest BCUT2D eigenvalue weighted by molar-refractivity contribution is -0.870. The van der Waals surface area contributed by atoms with Crippen molar-refractivity contribution in [2.75, 3.05) is 68.6 Å². The fraction of sp³-hybridized carbons (Fsp3) is 0.469. The molecule has 320 valence electrons. The quantitative estimate of drug-likeness (QED) is 0.0758. The summed E-state index contributed by atoms with van der Waals surface area (Å²) in [6.45, 7) is 5.63. The van der Waals surface area contributed by atoms with Crippen LogP contribution in [0.4, 0.5) is 0 Å². The minimum atomic E-state index is 0. The van der Waals surface area contributed by atoms with Gasteiger partial charge < -0.3 is 53.2 Å². The Hall–Kier alpha value is -4.08. The number of ether oxygens (including phenoxy) is 2. The number of halogens is 2. The number of hydrogen-bond donors (Lipinski definition) is 2. The van der Waals surface area contributed by atoms with Crippen LogP contribution in [0, 0.1) is 0 Å². The second kappa shape index (κ2) is 22.5. The average Bonchev–Trinajstić information content (AvgIpc) is 3.99. The highest BCUT2D eigenvalue weighted by Gasteiger charge is 2.15. The highest BCUT2D eigenvalue weighted by Crippen LogP contribution is 2.35. The van der Waals surface area contributed by atoms with Crippen LogP contribution in [0.5, 0.6) is 11.5 Å². The zero-order valence-corrected chi connectivity index (χ0v) is 38.2. The molecule has 5 heterocycles. The van der Waals surface area contributed by atoms with E-state index in [0.29, 0.717) is 13.2 Å². The zero-order chi connectivity index (χ0) is 40.3. The number of nitrogens with one attached hydrogen (secondary N) is 2. The highest BCUT2D eigenvalue weighted by atomic mass is 35.5. The van der Waals surface area contributed by atoms with Crippen molar-refractivity contribution >= 4 is 46.4 Å². The molecule has 8 bridgehead atoms. The summed E-state index contributed by atoms with van der Waals surface area (Å²) in [5, 5.41) is 0. The minimum absolute atomic E-state index is 0. The molecule has 0 saturated heterocycles. The third-order valence-electron chi connectivity index (χ3n) is 10.7. The van der Waals surface area contributed by atoms with Gasteiger partial charge in [0, 0.05) is 52.1 Å². The molecule has 2 aliphatic rings. The molecule has 0 radical (unpaired) electrons. The van der Waals surface area contributed by atoms with Gasteiger partial charge in [0.05, 0.1) is 91.4 Å². The third kappa shape index (κ3) is 14.9. The molecule has 0 fully saturated rings. The van der Waals surface area contributed by atoms with Crippen molar-refractivity contribution < 1.29 is 43.3 Å². The molecule has 10 heteroatoms. The number of unbranched alkanes of at least 4 members (excludes halogenated alkanes) is 8. The Balaban J connectivity index is 0.00000384. The van der Waals surface area contributed by atoms with Crippen LogP contribution in [0.2, 0.25) is 0 Å². The van der Waals surface area contributed by atoms with Gasteiger partial charge in [-0.15, -0.1) is 0 Å². The predicted molar refractivity (Wildman–Crippen MR) is 241 cm³/mol. The van der Waals surface area contributed by atoms with E-state index >= 15 is 0 Å². The predicted octanol–water partition coefficient (Wildman–Crippen LogP) is 5.35. The molecule has 0 aliphatic carbocycles. The number of quaternary nitrogens is 2. The van der Waals surface area contributed by atoms with Gasteiger partial charge in [0.25, 0.3) is 0 Å². The molecule has 0 spiro atoms. The molecule has 0 unspecified atom stereocenters. The number of nitrogens with zero attached hydrogens (tertiary/aromatic N) is 4. The van der Waals surface area contributed by atoms with Crippen LogP contribution in [0.15, 0.2) is 54.6 Å². The first-order valence-electron chi connectivity index (χ1n) is 21.5. The van der Waals surface area contributed by atoms with E-state index in [0.717, 1.165) is 115 Å². The number of rotatable bonds is 21. The lowest BCUT2D eigenvalue weighted by atomic mass is 10.0. The molecule has 0 amide bonds. The van der Waals surface area contributed by atoms with Crippen molar-refractivity contribution in [1.29, 1.82) is 0 Å². The SMILES string of the molecule is CCCCCCCCCCCc1c2nc(cc3ccc([nH]3)c(-c3cc(OCCC[N+](C)(C)C)cc(OCCC[N+](C)(C)C)c3)c3ccc(cc4nc1C=C4)[nH]3)C=C2.[Cl-].[Cl-]. The van der Waals surface area contributed by atoms with Gasteiger partial charge in [0.15, 0.2) is 0 Å². The van der Waals surface area contributed by atoms with Gasteiger partial charge in [0.1, 0.15) is 11.5 Å². The Labute approximate surface area is 366 Å². The Morgan fingerprint density at radius 3 is 1.44 bits per heavy atom. The number of aromatic amines is 2. The topological polar surface area (TPSA) is 75.8 Å². The Morgan fingerprint density at radius 2 is 0.983 bits per heavy atom. The van der Waals surface area contributed by atoms with Gasteiger partial charge in [-0.1, -0.05) is 58.3 Å². The van der Waals surface area contributed by atoms with Crippen LogP contribution < -0.4 is 34.3 Å². The van der Waals surface area contributed by atoms with Crippen molar-refractivity contribution in [2.45, 2.75) is 84.0 Å². The molecule has 2 aliphatic heterocycles. The number of fused-ring (bicyclic) bond motifs is 8. The number of aromatic nitrogens is 4. The maximum absolute atomic E-state index is 6.44. The summed E-state index contributed by atoms with van der Waals surface area (Å²) in [6, 6.07) is 19.2.